The molecule has 1 radical (unpaired) electrons. The van der Waals surface area contributed by atoms with Gasteiger partial charge < -0.3 is 0 Å². The van der Waals surface area contributed by atoms with E-state index in [2.05, 4.69) is 31.1 Å². The van der Waals surface area contributed by atoms with Crippen LogP contribution in [0.1, 0.15) is 15.9 Å². The van der Waals surface area contributed by atoms with Crippen LogP contribution in [0.2, 0.25) is 6.32 Å². The summed E-state index contributed by atoms with van der Waals surface area (Å²) < 4.78 is 5.09. The smallest absolute Gasteiger partial charge is 0.126 e. The van der Waals surface area contributed by atoms with Crippen molar-refractivity contribution in [1.29, 1.82) is 5.26 Å². The molecule has 0 aliphatic rings. The van der Waals surface area contributed by atoms with Gasteiger partial charge in [0.2, 0.25) is 0 Å². The van der Waals surface area contributed by atoms with E-state index in [4.69, 9.17) is 5.26 Å². The minimum absolute atomic E-state index is 0.0523. The summed E-state index contributed by atoms with van der Waals surface area (Å²) in [6, 6.07) is 16.9. The minimum Gasteiger partial charge on any atom is -0.298 e. The number of halogens is 1. The summed E-state index contributed by atoms with van der Waals surface area (Å²) in [7, 11) is 3.98. The maximum Gasteiger partial charge on any atom is 0.126 e. The average Bonchev–Trinajstić information content (AvgIpc) is 2.99. The van der Waals surface area contributed by atoms with Crippen molar-refractivity contribution in [1.82, 2.24) is 4.57 Å². The van der Waals surface area contributed by atoms with Crippen LogP contribution in [-0.4, -0.2) is 17.1 Å². The average molecular weight is 407 g/mol. The number of nitriles is 1. The number of Topliss-reactive ketones (excluding diaryl/α,β-unsaturated/α-hetero) is 1. The number of ketones is 1. The van der Waals surface area contributed by atoms with E-state index in [1.165, 1.54) is 0 Å². The van der Waals surface area contributed by atoms with Gasteiger partial charge in [0.25, 0.3) is 0 Å². The fourth-order valence-electron chi connectivity index (χ4n) is 3.23. The molecule has 2 aromatic carbocycles. The van der Waals surface area contributed by atoms with Crippen LogP contribution in [0.25, 0.3) is 0 Å². The highest BCUT2D eigenvalue weighted by molar-refractivity contribution is 9.10. The number of nitrogens with zero attached hydrogens (tertiary/aromatic N) is 3. The zero-order chi connectivity index (χ0) is 18.7. The highest BCUT2D eigenvalue weighted by Gasteiger charge is 2.20. The Balaban J connectivity index is 2.00. The number of benzene rings is 2. The van der Waals surface area contributed by atoms with Gasteiger partial charge in [-0.25, -0.2) is 5.46 Å². The van der Waals surface area contributed by atoms with Gasteiger partial charge in [-0.15, -0.1) is 6.32 Å². The molecule has 3 rings (SSSR count). The van der Waals surface area contributed by atoms with E-state index in [0.29, 0.717) is 17.4 Å². The molecule has 0 unspecified atom stereocenters. The van der Waals surface area contributed by atoms with Gasteiger partial charge in [0.05, 0.1) is 25.7 Å². The topological polar surface area (TPSA) is 49.7 Å². The van der Waals surface area contributed by atoms with E-state index in [9.17, 15) is 4.79 Å². The van der Waals surface area contributed by atoms with Crippen LogP contribution in [0.15, 0.2) is 65.4 Å². The van der Waals surface area contributed by atoms with E-state index in [-0.39, 0.29) is 12.5 Å². The van der Waals surface area contributed by atoms with Gasteiger partial charge in [0.1, 0.15) is 18.2 Å². The minimum atomic E-state index is -0.0845. The fraction of sp³-hybridized carbons (Fsp3) is 0.150. The van der Waals surface area contributed by atoms with Gasteiger partial charge in [-0.05, 0) is 16.6 Å². The molecule has 0 spiro atoms. The first-order valence-electron chi connectivity index (χ1n) is 8.30. The Morgan fingerprint density at radius 3 is 2.50 bits per heavy atom. The molecule has 0 bridgehead atoms. The molecular formula is C20H18BBrN3O. The third-order valence-corrected chi connectivity index (χ3v) is 5.28. The zero-order valence-electron chi connectivity index (χ0n) is 14.7. The molecule has 0 saturated carbocycles. The first-order valence-corrected chi connectivity index (χ1v) is 9.09. The lowest BCUT2D eigenvalue weighted by Gasteiger charge is -2.26. The van der Waals surface area contributed by atoms with Crippen molar-refractivity contribution >= 4 is 39.6 Å². The Morgan fingerprint density at radius 2 is 1.92 bits per heavy atom. The largest absolute Gasteiger partial charge is 0.298 e. The van der Waals surface area contributed by atoms with Gasteiger partial charge in [-0.1, -0.05) is 52.3 Å². The third kappa shape index (κ3) is 3.63. The summed E-state index contributed by atoms with van der Waals surface area (Å²) in [6.45, 7) is -0.0845. The zero-order valence-corrected chi connectivity index (χ0v) is 16.3. The quantitative estimate of drug-likeness (QED) is 0.369. The molecule has 0 aliphatic heterocycles. The predicted molar refractivity (Wildman–Crippen MR) is 106 cm³/mol. The Labute approximate surface area is 161 Å². The molecule has 0 saturated heterocycles. The number of aromatic nitrogens is 2. The number of carbonyl (C=O) groups excluding carboxylic acids is 1. The molecule has 3 aromatic rings. The normalized spacial score (nSPS) is 10.7. The Morgan fingerprint density at radius 1 is 1.23 bits per heavy atom. The maximum atomic E-state index is 12.9. The second kappa shape index (κ2) is 7.71. The molecule has 129 valence electrons. The molecule has 0 aliphatic carbocycles. The van der Waals surface area contributed by atoms with Crippen LogP contribution in [0.5, 0.6) is 0 Å². The van der Waals surface area contributed by atoms with E-state index < -0.39 is 0 Å². The summed E-state index contributed by atoms with van der Waals surface area (Å²) in [6.07, 6.45) is 4.33. The number of rotatable bonds is 5. The predicted octanol–water partition coefficient (Wildman–Crippen LogP) is 1.98. The number of aryl methyl sites for hydroxylation is 2. The highest BCUT2D eigenvalue weighted by atomic mass is 79.9. The van der Waals surface area contributed by atoms with Crippen molar-refractivity contribution in [2.24, 2.45) is 14.1 Å². The van der Waals surface area contributed by atoms with Crippen LogP contribution >= 0.6 is 15.9 Å². The lowest BCUT2D eigenvalue weighted by Crippen LogP contribution is -2.60. The second-order valence-electron chi connectivity index (χ2n) is 6.27. The molecule has 1 heterocycles. The van der Waals surface area contributed by atoms with Gasteiger partial charge in [0, 0.05) is 18.0 Å². The Hall–Kier alpha value is -2.65. The molecule has 6 heteroatoms. The Bertz CT molecular complexity index is 970. The van der Waals surface area contributed by atoms with Gasteiger partial charge >= 0.3 is 0 Å². The molecule has 0 amide bonds. The summed E-state index contributed by atoms with van der Waals surface area (Å²) in [4.78, 5) is 12.9. The molecule has 26 heavy (non-hydrogen) atoms. The lowest BCUT2D eigenvalue weighted by molar-refractivity contribution is -0.653. The lowest BCUT2D eigenvalue weighted by atomic mass is 9.41. The van der Waals surface area contributed by atoms with Gasteiger partial charge in [-0.3, -0.25) is 13.9 Å². The van der Waals surface area contributed by atoms with Gasteiger partial charge in [-0.2, -0.15) is 5.26 Å². The van der Waals surface area contributed by atoms with E-state index >= 15 is 0 Å². The highest BCUT2D eigenvalue weighted by Crippen LogP contribution is 2.12. The maximum absolute atomic E-state index is 12.9. The van der Waals surface area contributed by atoms with Crippen molar-refractivity contribution in [3.05, 3.63) is 76.5 Å². The molecule has 4 nitrogen and oxygen atoms in total. The van der Waals surface area contributed by atoms with Crippen LogP contribution in [0.4, 0.5) is 0 Å². The van der Waals surface area contributed by atoms with Crippen molar-refractivity contribution in [3.63, 3.8) is 0 Å². The van der Waals surface area contributed by atoms with E-state index in [1.807, 2.05) is 50.8 Å². The molecule has 1 aromatic heterocycles. The third-order valence-electron chi connectivity index (χ3n) is 4.55. The molecular weight excluding hydrogens is 389 g/mol. The van der Waals surface area contributed by atoms with Crippen molar-refractivity contribution in [2.75, 3.05) is 0 Å². The molecule has 0 N–H and O–H groups in total. The number of hydrogen-bond acceptors (Lipinski definition) is 2. The van der Waals surface area contributed by atoms with Gasteiger partial charge in [0.15, 0.2) is 0 Å². The molecule has 0 atom stereocenters. The number of hydrogen-bond donors (Lipinski definition) is 0. The SMILES string of the molecule is Cn1cc[n+](C)c1[B-](CC(=O)c1ccc(C#N)cc1)c1ccccc1Br. The van der Waals surface area contributed by atoms with Crippen molar-refractivity contribution in [3.8, 4) is 6.07 Å². The van der Waals surface area contributed by atoms with E-state index in [0.717, 1.165) is 15.7 Å². The summed E-state index contributed by atoms with van der Waals surface area (Å²) in [5.74, 6) is 0.0523. The standard InChI is InChI=1S/C20H18BBrN3O/c1-24-11-12-25(2)20(24)21(17-5-3-4-6-18(17)22)13-19(26)16-9-7-15(14-23)8-10-16/h3-12H,13H2,1-2H3. The second-order valence-corrected chi connectivity index (χ2v) is 7.12. The fourth-order valence-corrected chi connectivity index (χ4v) is 3.79. The van der Waals surface area contributed by atoms with Crippen LogP contribution < -0.4 is 15.8 Å². The van der Waals surface area contributed by atoms with E-state index in [1.54, 1.807) is 24.3 Å². The number of imidazole rings is 1. The summed E-state index contributed by atoms with van der Waals surface area (Å²) in [5, 5.41) is 8.93. The first kappa shape index (κ1) is 18.2. The van der Waals surface area contributed by atoms with Crippen LogP contribution in [0, 0.1) is 11.3 Å². The summed E-state index contributed by atoms with van der Waals surface area (Å²) >= 11 is 3.63. The number of carbonyl (C=O) groups is 1. The monoisotopic (exact) mass is 406 g/mol. The van der Waals surface area contributed by atoms with Crippen LogP contribution in [-0.2, 0) is 14.1 Å². The van der Waals surface area contributed by atoms with Crippen molar-refractivity contribution < 1.29 is 9.36 Å². The summed E-state index contributed by atoms with van der Waals surface area (Å²) in [5.41, 5.74) is 3.31. The van der Waals surface area contributed by atoms with Crippen LogP contribution in [0.3, 0.4) is 0 Å². The Kier molecular flexibility index (Phi) is 5.39. The first-order chi connectivity index (χ1) is 12.5. The van der Waals surface area contributed by atoms with Crippen molar-refractivity contribution in [2.45, 2.75) is 6.32 Å². The molecule has 0 fully saturated rings.